The lowest BCUT2D eigenvalue weighted by Gasteiger charge is -2.39. The molecule has 0 aliphatic rings. The molecule has 7 aromatic rings. The fraction of sp³-hybridized carbons (Fsp3) is 0.385. The van der Waals surface area contributed by atoms with E-state index in [-0.39, 0.29) is 34.5 Å². The predicted octanol–water partition coefficient (Wildman–Crippen LogP) is 19.6. The van der Waals surface area contributed by atoms with Gasteiger partial charge in [-0.05, 0) is 268 Å². The van der Waals surface area contributed by atoms with Crippen molar-refractivity contribution in [3.05, 3.63) is 214 Å². The molecule has 0 amide bonds. The molecule has 7 rings (SSSR count). The Balaban J connectivity index is 1.59. The van der Waals surface area contributed by atoms with Gasteiger partial charge in [0.05, 0.1) is 0 Å². The van der Waals surface area contributed by atoms with E-state index in [0.29, 0.717) is 50.1 Å². The molecule has 0 atom stereocenters. The molecule has 0 aliphatic carbocycles. The summed E-state index contributed by atoms with van der Waals surface area (Å²) >= 11 is 0. The molecular weight excluding hydrogens is 1220 g/mol. The molecule has 0 aliphatic heterocycles. The molecule has 0 spiro atoms. The zero-order valence-corrected chi connectivity index (χ0v) is 58.9. The Kier molecular flexibility index (Phi) is 21.6. The van der Waals surface area contributed by atoms with Crippen molar-refractivity contribution in [2.45, 2.75) is 195 Å². The summed E-state index contributed by atoms with van der Waals surface area (Å²) in [4.78, 5) is 78.8. The molecule has 18 nitrogen and oxygen atoms in total. The first kappa shape index (κ1) is 73.6. The third-order valence-electron chi connectivity index (χ3n) is 14.8. The molecule has 0 fully saturated rings. The van der Waals surface area contributed by atoms with Gasteiger partial charge in [0.1, 0.15) is 68.1 Å². The van der Waals surface area contributed by atoms with Gasteiger partial charge in [-0.25, -0.2) is 28.8 Å². The smallest absolute Gasteiger partial charge is 0.428 e. The highest BCUT2D eigenvalue weighted by Crippen LogP contribution is 2.50. The van der Waals surface area contributed by atoms with Crippen LogP contribution < -0.4 is 28.4 Å². The number of carbonyl (C=O) groups is 6. The van der Waals surface area contributed by atoms with E-state index in [1.54, 1.807) is 197 Å². The highest BCUT2D eigenvalue weighted by atomic mass is 16.8. The zero-order chi connectivity index (χ0) is 71.2. The molecule has 0 heterocycles. The van der Waals surface area contributed by atoms with Crippen molar-refractivity contribution < 1.29 is 85.6 Å². The van der Waals surface area contributed by atoms with E-state index in [2.05, 4.69) is 39.0 Å². The summed E-state index contributed by atoms with van der Waals surface area (Å²) in [5, 5.41) is 0. The van der Waals surface area contributed by atoms with Crippen LogP contribution in [0, 0.1) is 0 Å². The summed E-state index contributed by atoms with van der Waals surface area (Å²) in [7, 11) is 0. The number of hydrogen-bond donors (Lipinski definition) is 0. The summed E-state index contributed by atoms with van der Waals surface area (Å²) in [6, 6.07) is 48.8. The Morgan fingerprint density at radius 1 is 0.188 bits per heavy atom. The van der Waals surface area contributed by atoms with E-state index in [9.17, 15) is 28.8 Å². The van der Waals surface area contributed by atoms with Gasteiger partial charge in [-0.15, -0.1) is 0 Å². The lowest BCUT2D eigenvalue weighted by molar-refractivity contribution is 0.0193. The molecule has 18 heteroatoms. The third-order valence-corrected chi connectivity index (χ3v) is 14.8. The van der Waals surface area contributed by atoms with Gasteiger partial charge in [0.15, 0.2) is 0 Å². The van der Waals surface area contributed by atoms with E-state index in [1.165, 1.54) is 0 Å². The first-order chi connectivity index (χ1) is 44.3. The Morgan fingerprint density at radius 3 is 0.406 bits per heavy atom. The van der Waals surface area contributed by atoms with Crippen LogP contribution in [0.2, 0.25) is 0 Å². The van der Waals surface area contributed by atoms with E-state index in [4.69, 9.17) is 56.8 Å². The van der Waals surface area contributed by atoms with E-state index >= 15 is 0 Å². The first-order valence-corrected chi connectivity index (χ1v) is 31.5. The summed E-state index contributed by atoms with van der Waals surface area (Å²) in [5.74, 6) is 1.26. The van der Waals surface area contributed by atoms with Crippen LogP contribution in [0.3, 0.4) is 0 Å². The standard InChI is InChI=1S/C78H90O18/c1-70(2,3)91-64(79)85-58-34-22-49(23-35-58)76(19,50-24-36-59(37-25-50)86-65(80)92-71(4,5)6)55-46-56(77(20,51-26-38-60(39-27-51)87-66(81)93-72(7,8)9)52-28-40-61(41-29-52)88-67(82)94-73(10,11)12)48-57(47-55)78(21,53-30-42-62(43-31-53)89-68(83)95-74(13,14)15)54-32-44-63(45-33-54)90-69(84)96-75(16,17)18/h22-48H,1-21H3. The normalized spacial score (nSPS) is 12.5. The second kappa shape index (κ2) is 28.2. The minimum Gasteiger partial charge on any atom is -0.428 e. The van der Waals surface area contributed by atoms with Crippen LogP contribution in [0.4, 0.5) is 28.8 Å². The molecule has 0 unspecified atom stereocenters. The molecule has 0 aromatic heterocycles. The van der Waals surface area contributed by atoms with Gasteiger partial charge >= 0.3 is 36.9 Å². The number of benzene rings is 7. The average molecular weight is 1320 g/mol. The van der Waals surface area contributed by atoms with E-state index in [1.807, 2.05) is 72.8 Å². The third kappa shape index (κ3) is 20.1. The Hall–Kier alpha value is -9.84. The van der Waals surface area contributed by atoms with Crippen molar-refractivity contribution in [2.75, 3.05) is 0 Å². The second-order valence-corrected chi connectivity index (χ2v) is 29.7. The van der Waals surface area contributed by atoms with E-state index in [0.717, 1.165) is 0 Å². The monoisotopic (exact) mass is 1310 g/mol. The van der Waals surface area contributed by atoms with Crippen molar-refractivity contribution >= 4 is 36.9 Å². The summed E-state index contributed by atoms with van der Waals surface area (Å²) < 4.78 is 67.5. The van der Waals surface area contributed by atoms with Gasteiger partial charge in [0.25, 0.3) is 0 Å². The molecule has 0 radical (unpaired) electrons. The van der Waals surface area contributed by atoms with Gasteiger partial charge in [-0.2, -0.15) is 0 Å². The minimum atomic E-state index is -1.19. The van der Waals surface area contributed by atoms with Crippen LogP contribution in [-0.4, -0.2) is 70.5 Å². The quantitative estimate of drug-likeness (QED) is 0.0404. The fourth-order valence-corrected chi connectivity index (χ4v) is 10.3. The summed E-state index contributed by atoms with van der Waals surface area (Å²) in [5.41, 5.74) is -2.17. The Labute approximate surface area is 563 Å². The number of hydrogen-bond acceptors (Lipinski definition) is 18. The van der Waals surface area contributed by atoms with Crippen molar-refractivity contribution in [3.8, 4) is 34.5 Å². The SMILES string of the molecule is CC(C)(C)OC(=O)Oc1ccc(C(C)(c2ccc(OC(=O)OC(C)(C)C)cc2)c2cc(C(C)(c3ccc(OC(=O)OC(C)(C)C)cc3)c3ccc(OC(=O)OC(C)(C)C)cc3)cc(C(C)(c3ccc(OC(=O)OC(C)(C)C)cc3)c3ccc(OC(=O)OC(C)(C)C)cc3)c2)cc1. The van der Waals surface area contributed by atoms with Crippen molar-refractivity contribution in [1.82, 2.24) is 0 Å². The molecule has 0 bridgehead atoms. The topological polar surface area (TPSA) is 213 Å². The number of ether oxygens (including phenoxy) is 12. The second-order valence-electron chi connectivity index (χ2n) is 29.7. The van der Waals surface area contributed by atoms with Crippen LogP contribution in [-0.2, 0) is 44.7 Å². The molecule has 0 saturated heterocycles. The molecule has 0 N–H and O–H groups in total. The molecule has 96 heavy (non-hydrogen) atoms. The molecule has 7 aromatic carbocycles. The van der Waals surface area contributed by atoms with Crippen LogP contribution >= 0.6 is 0 Å². The van der Waals surface area contributed by atoms with E-state index < -0.39 is 86.8 Å². The van der Waals surface area contributed by atoms with Gasteiger partial charge in [-0.3, -0.25) is 0 Å². The van der Waals surface area contributed by atoms with Crippen LogP contribution in [0.15, 0.2) is 164 Å². The summed E-state index contributed by atoms with van der Waals surface area (Å²) in [6.45, 7) is 37.5. The first-order valence-electron chi connectivity index (χ1n) is 31.5. The number of carbonyl (C=O) groups excluding carboxylic acids is 6. The number of rotatable bonds is 15. The van der Waals surface area contributed by atoms with Crippen molar-refractivity contribution in [1.29, 1.82) is 0 Å². The molecule has 0 saturated carbocycles. The van der Waals surface area contributed by atoms with Gasteiger partial charge in [-0.1, -0.05) is 91.0 Å². The van der Waals surface area contributed by atoms with Crippen molar-refractivity contribution in [2.24, 2.45) is 0 Å². The predicted molar refractivity (Wildman–Crippen MR) is 363 cm³/mol. The van der Waals surface area contributed by atoms with Crippen LogP contribution in [0.1, 0.15) is 195 Å². The largest absolute Gasteiger partial charge is 0.514 e. The fourth-order valence-electron chi connectivity index (χ4n) is 10.3. The van der Waals surface area contributed by atoms with Crippen LogP contribution in [0.5, 0.6) is 34.5 Å². The molecular formula is C78H90O18. The van der Waals surface area contributed by atoms with Gasteiger partial charge < -0.3 is 56.8 Å². The maximum atomic E-state index is 13.1. The Bertz CT molecular complexity index is 3240. The maximum Gasteiger partial charge on any atom is 0.514 e. The summed E-state index contributed by atoms with van der Waals surface area (Å²) in [6.07, 6.45) is -5.35. The zero-order valence-electron chi connectivity index (χ0n) is 58.9. The maximum absolute atomic E-state index is 13.1. The minimum absolute atomic E-state index is 0.211. The van der Waals surface area contributed by atoms with Gasteiger partial charge in [0, 0.05) is 16.2 Å². The lowest BCUT2D eigenvalue weighted by Crippen LogP contribution is -2.32. The Morgan fingerprint density at radius 2 is 0.302 bits per heavy atom. The highest BCUT2D eigenvalue weighted by Gasteiger charge is 2.41. The lowest BCUT2D eigenvalue weighted by atomic mass is 9.63. The molecule has 510 valence electrons. The van der Waals surface area contributed by atoms with Crippen LogP contribution in [0.25, 0.3) is 0 Å². The van der Waals surface area contributed by atoms with Crippen molar-refractivity contribution in [3.63, 3.8) is 0 Å². The average Bonchev–Trinajstić information content (AvgIpc) is 0.708. The highest BCUT2D eigenvalue weighted by molar-refractivity contribution is 5.69. The van der Waals surface area contributed by atoms with Gasteiger partial charge in [0.2, 0.25) is 0 Å².